The molecule has 0 radical (unpaired) electrons. The lowest BCUT2D eigenvalue weighted by atomic mass is 10.1. The third kappa shape index (κ3) is 1.54. The van der Waals surface area contributed by atoms with Gasteiger partial charge in [-0.05, 0) is 18.6 Å². The maximum atomic E-state index is 4.30. The zero-order valence-electron chi connectivity index (χ0n) is 9.11. The predicted molar refractivity (Wildman–Crippen MR) is 60.2 cm³/mol. The van der Waals surface area contributed by atoms with Crippen LogP contribution in [-0.2, 0) is 0 Å². The van der Waals surface area contributed by atoms with E-state index in [4.69, 9.17) is 0 Å². The molecule has 1 aliphatic heterocycles. The molecule has 1 fully saturated rings. The Labute approximate surface area is 93.7 Å². The van der Waals surface area contributed by atoms with E-state index in [1.54, 1.807) is 0 Å². The van der Waals surface area contributed by atoms with E-state index < -0.39 is 0 Å². The molecule has 0 bridgehead atoms. The van der Waals surface area contributed by atoms with Crippen LogP contribution in [0.5, 0.6) is 0 Å². The number of hydrogen-bond acceptors (Lipinski definition) is 4. The highest BCUT2D eigenvalue weighted by molar-refractivity contribution is 5.34. The van der Waals surface area contributed by atoms with Crippen molar-refractivity contribution in [1.82, 2.24) is 19.7 Å². The van der Waals surface area contributed by atoms with Crippen LogP contribution < -0.4 is 4.90 Å². The van der Waals surface area contributed by atoms with Crippen molar-refractivity contribution < 1.29 is 0 Å². The highest BCUT2D eigenvalue weighted by Crippen LogP contribution is 2.23. The second kappa shape index (κ2) is 3.59. The monoisotopic (exact) mass is 215 g/mol. The zero-order chi connectivity index (χ0) is 11.0. The normalized spacial score (nSPS) is 16.2. The van der Waals surface area contributed by atoms with Crippen molar-refractivity contribution in [1.29, 1.82) is 0 Å². The van der Waals surface area contributed by atoms with E-state index in [1.165, 1.54) is 0 Å². The van der Waals surface area contributed by atoms with Crippen LogP contribution in [0.1, 0.15) is 11.6 Å². The molecule has 0 amide bonds. The van der Waals surface area contributed by atoms with Crippen LogP contribution in [0.4, 0.5) is 5.95 Å². The molecular weight excluding hydrogens is 202 g/mol. The molecular formula is C11H13N5. The van der Waals surface area contributed by atoms with Gasteiger partial charge in [0.05, 0.1) is 6.04 Å². The van der Waals surface area contributed by atoms with Crippen molar-refractivity contribution in [2.45, 2.75) is 13.0 Å². The van der Waals surface area contributed by atoms with Gasteiger partial charge in [-0.1, -0.05) is 0 Å². The Morgan fingerprint density at radius 3 is 2.62 bits per heavy atom. The van der Waals surface area contributed by atoms with Gasteiger partial charge in [-0.25, -0.2) is 9.97 Å². The first-order valence-electron chi connectivity index (χ1n) is 5.35. The summed E-state index contributed by atoms with van der Waals surface area (Å²) >= 11 is 0. The van der Waals surface area contributed by atoms with E-state index in [9.17, 15) is 0 Å². The first-order valence-corrected chi connectivity index (χ1v) is 5.35. The number of rotatable bonds is 2. The lowest BCUT2D eigenvalue weighted by Crippen LogP contribution is -2.48. The summed E-state index contributed by atoms with van der Waals surface area (Å²) in [4.78, 5) is 10.8. The van der Waals surface area contributed by atoms with E-state index in [0.717, 1.165) is 24.6 Å². The van der Waals surface area contributed by atoms with Gasteiger partial charge in [0, 0.05) is 37.9 Å². The molecule has 1 aliphatic rings. The highest BCUT2D eigenvalue weighted by Gasteiger charge is 2.30. The van der Waals surface area contributed by atoms with Gasteiger partial charge in [-0.15, -0.1) is 0 Å². The number of anilines is 1. The van der Waals surface area contributed by atoms with Crippen LogP contribution in [0.2, 0.25) is 0 Å². The summed E-state index contributed by atoms with van der Waals surface area (Å²) in [6.45, 7) is 3.86. The Balaban J connectivity index is 1.67. The summed E-state index contributed by atoms with van der Waals surface area (Å²) < 4.78 is 1.99. The molecule has 0 spiro atoms. The second-order valence-electron chi connectivity index (χ2n) is 4.11. The van der Waals surface area contributed by atoms with Gasteiger partial charge in [0.1, 0.15) is 0 Å². The first kappa shape index (κ1) is 9.33. The molecule has 16 heavy (non-hydrogen) atoms. The molecule has 0 N–H and O–H groups in total. The maximum Gasteiger partial charge on any atom is 0.225 e. The lowest BCUT2D eigenvalue weighted by Gasteiger charge is -2.39. The Morgan fingerprint density at radius 1 is 1.25 bits per heavy atom. The van der Waals surface area contributed by atoms with E-state index in [-0.39, 0.29) is 0 Å². The number of nitrogens with zero attached hydrogens (tertiary/aromatic N) is 5. The molecule has 5 nitrogen and oxygen atoms in total. The SMILES string of the molecule is Cc1cnc(N2CC(n3cccn3)C2)nc1. The van der Waals surface area contributed by atoms with Gasteiger partial charge in [-0.2, -0.15) is 5.10 Å². The first-order chi connectivity index (χ1) is 7.83. The Bertz CT molecular complexity index is 456. The number of aromatic nitrogens is 4. The molecule has 82 valence electrons. The van der Waals surface area contributed by atoms with Crippen molar-refractivity contribution in [3.63, 3.8) is 0 Å². The topological polar surface area (TPSA) is 46.8 Å². The van der Waals surface area contributed by atoms with Crippen LogP contribution in [0.15, 0.2) is 30.9 Å². The fourth-order valence-corrected chi connectivity index (χ4v) is 1.83. The molecule has 2 aromatic rings. The van der Waals surface area contributed by atoms with Crippen molar-refractivity contribution in [2.24, 2.45) is 0 Å². The number of hydrogen-bond donors (Lipinski definition) is 0. The summed E-state index contributed by atoms with van der Waals surface area (Å²) in [7, 11) is 0. The van der Waals surface area contributed by atoms with Crippen molar-refractivity contribution in [3.8, 4) is 0 Å². The molecule has 0 atom stereocenters. The third-order valence-corrected chi connectivity index (χ3v) is 2.81. The smallest absolute Gasteiger partial charge is 0.225 e. The van der Waals surface area contributed by atoms with Gasteiger partial charge in [0.15, 0.2) is 0 Å². The minimum Gasteiger partial charge on any atom is -0.336 e. The molecule has 5 heteroatoms. The maximum absolute atomic E-state index is 4.30. The van der Waals surface area contributed by atoms with Crippen LogP contribution in [-0.4, -0.2) is 32.8 Å². The fraction of sp³-hybridized carbons (Fsp3) is 0.364. The summed E-state index contributed by atoms with van der Waals surface area (Å²) in [5.74, 6) is 0.814. The summed E-state index contributed by atoms with van der Waals surface area (Å²) in [5.41, 5.74) is 1.09. The average Bonchev–Trinajstić information content (AvgIpc) is 2.72. The average molecular weight is 215 g/mol. The number of aryl methyl sites for hydroxylation is 1. The summed E-state index contributed by atoms with van der Waals surface area (Å²) in [5, 5.41) is 4.23. The van der Waals surface area contributed by atoms with Gasteiger partial charge >= 0.3 is 0 Å². The van der Waals surface area contributed by atoms with Crippen LogP contribution in [0.3, 0.4) is 0 Å². The molecule has 2 aromatic heterocycles. The Kier molecular flexibility index (Phi) is 2.09. The van der Waals surface area contributed by atoms with E-state index in [1.807, 2.05) is 42.5 Å². The molecule has 0 aliphatic carbocycles. The molecule has 0 unspecified atom stereocenters. The molecule has 1 saturated heterocycles. The van der Waals surface area contributed by atoms with Crippen LogP contribution in [0, 0.1) is 6.92 Å². The minimum absolute atomic E-state index is 0.458. The summed E-state index contributed by atoms with van der Waals surface area (Å²) in [6.07, 6.45) is 7.51. The van der Waals surface area contributed by atoms with Gasteiger partial charge in [0.2, 0.25) is 5.95 Å². The molecule has 3 rings (SSSR count). The van der Waals surface area contributed by atoms with Crippen molar-refractivity contribution >= 4 is 5.95 Å². The van der Waals surface area contributed by atoms with Gasteiger partial charge in [0.25, 0.3) is 0 Å². The van der Waals surface area contributed by atoms with Crippen molar-refractivity contribution in [3.05, 3.63) is 36.4 Å². The van der Waals surface area contributed by atoms with E-state index in [0.29, 0.717) is 6.04 Å². The third-order valence-electron chi connectivity index (χ3n) is 2.81. The second-order valence-corrected chi connectivity index (χ2v) is 4.11. The molecule has 3 heterocycles. The van der Waals surface area contributed by atoms with Gasteiger partial charge < -0.3 is 4.90 Å². The van der Waals surface area contributed by atoms with E-state index >= 15 is 0 Å². The fourth-order valence-electron chi connectivity index (χ4n) is 1.83. The predicted octanol–water partition coefficient (Wildman–Crippen LogP) is 1.04. The van der Waals surface area contributed by atoms with Crippen molar-refractivity contribution in [2.75, 3.05) is 18.0 Å². The van der Waals surface area contributed by atoms with Crippen LogP contribution in [0.25, 0.3) is 0 Å². The standard InChI is InChI=1S/C11H13N5/c1-9-5-12-11(13-6-9)15-7-10(8-15)16-4-2-3-14-16/h2-6,10H,7-8H2,1H3. The van der Waals surface area contributed by atoms with Crippen LogP contribution >= 0.6 is 0 Å². The minimum atomic E-state index is 0.458. The quantitative estimate of drug-likeness (QED) is 0.751. The molecule has 0 aromatic carbocycles. The zero-order valence-corrected chi connectivity index (χ0v) is 9.11. The molecule has 0 saturated carbocycles. The highest BCUT2D eigenvalue weighted by atomic mass is 15.4. The largest absolute Gasteiger partial charge is 0.336 e. The Morgan fingerprint density at radius 2 is 2.00 bits per heavy atom. The lowest BCUT2D eigenvalue weighted by molar-refractivity contribution is 0.363. The summed E-state index contributed by atoms with van der Waals surface area (Å²) in [6, 6.07) is 2.41. The van der Waals surface area contributed by atoms with E-state index in [2.05, 4.69) is 20.0 Å². The van der Waals surface area contributed by atoms with Gasteiger partial charge in [-0.3, -0.25) is 4.68 Å². The Hall–Kier alpha value is -1.91.